The van der Waals surface area contributed by atoms with Crippen molar-refractivity contribution in [2.45, 2.75) is 0 Å². The fraction of sp³-hybridized carbons (Fsp3) is 0. The minimum Gasteiger partial charge on any atom is -0.459 e. The molecule has 0 atom stereocenters. The lowest BCUT2D eigenvalue weighted by Gasteiger charge is -2.05. The van der Waals surface area contributed by atoms with Gasteiger partial charge in [0.2, 0.25) is 0 Å². The van der Waals surface area contributed by atoms with Gasteiger partial charge in [0.05, 0.1) is 16.1 Å². The van der Waals surface area contributed by atoms with Crippen LogP contribution in [0.1, 0.15) is 20.2 Å². The average molecular weight is 348 g/mol. The Bertz CT molecular complexity index is 870. The van der Waals surface area contributed by atoms with Gasteiger partial charge in [-0.05, 0) is 36.4 Å². The molecule has 122 valence electrons. The Balaban J connectivity index is 1.71. The second kappa shape index (κ2) is 6.63. The number of benzene rings is 1. The second-order valence-electron chi connectivity index (χ2n) is 4.65. The summed E-state index contributed by atoms with van der Waals surface area (Å²) in [4.78, 5) is 24.1. The highest BCUT2D eigenvalue weighted by Crippen LogP contribution is 2.25. The maximum absolute atomic E-state index is 13.5. The zero-order valence-electron chi connectivity index (χ0n) is 12.0. The predicted octanol–water partition coefficient (Wildman–Crippen LogP) is 4.12. The molecule has 2 aromatic heterocycles. The van der Waals surface area contributed by atoms with Crippen LogP contribution < -0.4 is 10.6 Å². The SMILES string of the molecule is O=C(Nc1ccc(C(=O)Nc2c(F)cccc2F)s1)c1ccco1. The summed E-state index contributed by atoms with van der Waals surface area (Å²) in [5.41, 5.74) is -0.517. The van der Waals surface area contributed by atoms with E-state index in [0.29, 0.717) is 5.00 Å². The third-order valence-corrected chi connectivity index (χ3v) is 4.01. The van der Waals surface area contributed by atoms with Gasteiger partial charge >= 0.3 is 0 Å². The van der Waals surface area contributed by atoms with Crippen molar-refractivity contribution < 1.29 is 22.8 Å². The van der Waals surface area contributed by atoms with E-state index in [1.54, 1.807) is 6.07 Å². The van der Waals surface area contributed by atoms with Gasteiger partial charge in [-0.25, -0.2) is 8.78 Å². The molecule has 8 heteroatoms. The number of amides is 2. The summed E-state index contributed by atoms with van der Waals surface area (Å²) < 4.78 is 32.0. The number of carbonyl (C=O) groups excluding carboxylic acids is 2. The van der Waals surface area contributed by atoms with Crippen LogP contribution in [-0.4, -0.2) is 11.8 Å². The van der Waals surface area contributed by atoms with Crippen LogP contribution in [0.15, 0.2) is 53.1 Å². The van der Waals surface area contributed by atoms with E-state index in [0.717, 1.165) is 23.5 Å². The Morgan fingerprint density at radius 3 is 2.33 bits per heavy atom. The number of anilines is 2. The van der Waals surface area contributed by atoms with E-state index in [1.165, 1.54) is 30.5 Å². The highest BCUT2D eigenvalue weighted by Gasteiger charge is 2.16. The molecule has 0 bridgehead atoms. The lowest BCUT2D eigenvalue weighted by molar-refractivity contribution is 0.0995. The standard InChI is InChI=1S/C16H10F2N2O3S/c17-9-3-1-4-10(18)14(9)20-16(22)12-6-7-13(24-12)19-15(21)11-5-2-8-23-11/h1-8H,(H,19,21)(H,20,22). The Morgan fingerprint density at radius 1 is 0.917 bits per heavy atom. The van der Waals surface area contributed by atoms with E-state index in [9.17, 15) is 18.4 Å². The van der Waals surface area contributed by atoms with Gasteiger partial charge in [0, 0.05) is 0 Å². The van der Waals surface area contributed by atoms with E-state index in [2.05, 4.69) is 10.6 Å². The molecule has 0 unspecified atom stereocenters. The van der Waals surface area contributed by atoms with Crippen LogP contribution in [0.25, 0.3) is 0 Å². The van der Waals surface area contributed by atoms with Crippen LogP contribution >= 0.6 is 11.3 Å². The van der Waals surface area contributed by atoms with E-state index in [-0.39, 0.29) is 10.6 Å². The summed E-state index contributed by atoms with van der Waals surface area (Å²) in [6.45, 7) is 0. The van der Waals surface area contributed by atoms with Crippen LogP contribution in [0, 0.1) is 11.6 Å². The summed E-state index contributed by atoms with van der Waals surface area (Å²) >= 11 is 0.967. The van der Waals surface area contributed by atoms with E-state index in [4.69, 9.17) is 4.42 Å². The number of furan rings is 1. The highest BCUT2D eigenvalue weighted by atomic mass is 32.1. The molecule has 0 saturated heterocycles. The van der Waals surface area contributed by atoms with Gasteiger partial charge in [-0.1, -0.05) is 6.07 Å². The highest BCUT2D eigenvalue weighted by molar-refractivity contribution is 7.18. The molecule has 3 rings (SSSR count). The first kappa shape index (κ1) is 15.9. The Labute approximate surface area is 138 Å². The molecule has 3 aromatic rings. The molecular weight excluding hydrogens is 338 g/mol. The first-order valence-corrected chi connectivity index (χ1v) is 7.56. The Morgan fingerprint density at radius 2 is 1.67 bits per heavy atom. The second-order valence-corrected chi connectivity index (χ2v) is 5.73. The fourth-order valence-corrected chi connectivity index (χ4v) is 2.70. The Kier molecular flexibility index (Phi) is 4.39. The lowest BCUT2D eigenvalue weighted by Crippen LogP contribution is -2.13. The largest absolute Gasteiger partial charge is 0.459 e. The number of halogens is 2. The van der Waals surface area contributed by atoms with Crippen molar-refractivity contribution in [2.24, 2.45) is 0 Å². The summed E-state index contributed by atoms with van der Waals surface area (Å²) in [6.07, 6.45) is 1.37. The molecule has 0 aliphatic heterocycles. The first-order chi connectivity index (χ1) is 11.5. The normalized spacial score (nSPS) is 10.4. The summed E-state index contributed by atoms with van der Waals surface area (Å²) in [5, 5.41) is 5.14. The molecule has 0 saturated carbocycles. The van der Waals surface area contributed by atoms with Crippen molar-refractivity contribution in [3.63, 3.8) is 0 Å². The van der Waals surface area contributed by atoms with Gasteiger partial charge in [0.15, 0.2) is 5.76 Å². The zero-order chi connectivity index (χ0) is 17.1. The van der Waals surface area contributed by atoms with Crippen molar-refractivity contribution in [2.75, 3.05) is 10.6 Å². The van der Waals surface area contributed by atoms with Crippen LogP contribution in [0.3, 0.4) is 0 Å². The number of carbonyl (C=O) groups is 2. The maximum atomic E-state index is 13.5. The molecule has 0 aliphatic rings. The van der Waals surface area contributed by atoms with Gasteiger partial charge in [-0.2, -0.15) is 0 Å². The minimum absolute atomic E-state index is 0.128. The number of hydrogen-bond acceptors (Lipinski definition) is 4. The third kappa shape index (κ3) is 3.33. The van der Waals surface area contributed by atoms with Crippen molar-refractivity contribution in [1.82, 2.24) is 0 Å². The van der Waals surface area contributed by atoms with Gasteiger partial charge in [-0.15, -0.1) is 11.3 Å². The van der Waals surface area contributed by atoms with Crippen molar-refractivity contribution in [3.8, 4) is 0 Å². The molecule has 1 aromatic carbocycles. The van der Waals surface area contributed by atoms with Gasteiger partial charge in [0.1, 0.15) is 17.3 Å². The van der Waals surface area contributed by atoms with Crippen LogP contribution in [0.5, 0.6) is 0 Å². The topological polar surface area (TPSA) is 71.3 Å². The molecule has 5 nitrogen and oxygen atoms in total. The average Bonchev–Trinajstić information content (AvgIpc) is 3.22. The van der Waals surface area contributed by atoms with Crippen molar-refractivity contribution in [3.05, 3.63) is 71.0 Å². The molecule has 2 amide bonds. The lowest BCUT2D eigenvalue weighted by atomic mass is 10.3. The zero-order valence-corrected chi connectivity index (χ0v) is 12.8. The van der Waals surface area contributed by atoms with Crippen molar-refractivity contribution >= 4 is 33.8 Å². The van der Waals surface area contributed by atoms with E-state index >= 15 is 0 Å². The monoisotopic (exact) mass is 348 g/mol. The molecule has 0 fully saturated rings. The number of thiophene rings is 1. The molecule has 2 heterocycles. The molecular formula is C16H10F2N2O3S. The van der Waals surface area contributed by atoms with Crippen molar-refractivity contribution in [1.29, 1.82) is 0 Å². The predicted molar refractivity (Wildman–Crippen MR) is 85.3 cm³/mol. The molecule has 2 N–H and O–H groups in total. The Hall–Kier alpha value is -3.00. The smallest absolute Gasteiger partial charge is 0.291 e. The minimum atomic E-state index is -0.869. The fourth-order valence-electron chi connectivity index (χ4n) is 1.90. The number of rotatable bonds is 4. The van der Waals surface area contributed by atoms with Gasteiger partial charge in [0.25, 0.3) is 11.8 Å². The molecule has 24 heavy (non-hydrogen) atoms. The summed E-state index contributed by atoms with van der Waals surface area (Å²) in [5.74, 6) is -2.75. The van der Waals surface area contributed by atoms with Gasteiger partial charge in [-0.3, -0.25) is 9.59 Å². The van der Waals surface area contributed by atoms with E-state index in [1.807, 2.05) is 0 Å². The molecule has 0 spiro atoms. The number of nitrogens with one attached hydrogen (secondary N) is 2. The molecule has 0 radical (unpaired) electrons. The first-order valence-electron chi connectivity index (χ1n) is 6.74. The molecule has 0 aliphatic carbocycles. The van der Waals surface area contributed by atoms with Gasteiger partial charge < -0.3 is 15.1 Å². The van der Waals surface area contributed by atoms with Crippen LogP contribution in [-0.2, 0) is 0 Å². The summed E-state index contributed by atoms with van der Waals surface area (Å²) in [7, 11) is 0. The number of hydrogen-bond donors (Lipinski definition) is 2. The van der Waals surface area contributed by atoms with Crippen LogP contribution in [0.4, 0.5) is 19.5 Å². The summed E-state index contributed by atoms with van der Waals surface area (Å²) in [6, 6.07) is 9.31. The van der Waals surface area contributed by atoms with Crippen LogP contribution in [0.2, 0.25) is 0 Å². The maximum Gasteiger partial charge on any atom is 0.291 e. The quantitative estimate of drug-likeness (QED) is 0.745. The number of para-hydroxylation sites is 1. The third-order valence-electron chi connectivity index (χ3n) is 3.01. The van der Waals surface area contributed by atoms with E-state index < -0.39 is 29.1 Å².